The van der Waals surface area contributed by atoms with Crippen molar-refractivity contribution >= 4 is 27.6 Å². The Morgan fingerprint density at radius 2 is 1.72 bits per heavy atom. The number of aromatic amines is 1. The number of anilines is 1. The molecule has 0 atom stereocenters. The summed E-state index contributed by atoms with van der Waals surface area (Å²) in [7, 11) is 0. The molecule has 0 spiro atoms. The van der Waals surface area contributed by atoms with Gasteiger partial charge in [-0.25, -0.2) is 14.4 Å². The van der Waals surface area contributed by atoms with E-state index in [1.54, 1.807) is 24.3 Å². The van der Waals surface area contributed by atoms with E-state index in [0.29, 0.717) is 23.6 Å². The molecule has 5 aromatic rings. The highest BCUT2D eigenvalue weighted by Gasteiger charge is 2.08. The molecule has 3 aromatic carbocycles. The van der Waals surface area contributed by atoms with Gasteiger partial charge in [0, 0.05) is 18.5 Å². The van der Waals surface area contributed by atoms with Crippen LogP contribution < -0.4 is 5.32 Å². The van der Waals surface area contributed by atoms with E-state index in [2.05, 4.69) is 45.6 Å². The number of benzene rings is 3. The van der Waals surface area contributed by atoms with Crippen molar-refractivity contribution in [2.45, 2.75) is 12.8 Å². The first kappa shape index (κ1) is 19.7. The van der Waals surface area contributed by atoms with Crippen molar-refractivity contribution in [2.24, 2.45) is 0 Å². The predicted octanol–water partition coefficient (Wildman–Crippen LogP) is 5.83. The summed E-state index contributed by atoms with van der Waals surface area (Å²) < 4.78 is 13.2. The molecule has 0 aliphatic carbocycles. The van der Waals surface area contributed by atoms with Crippen LogP contribution in [0.25, 0.3) is 33.1 Å². The number of aromatic nitrogens is 3. The molecule has 0 fully saturated rings. The highest BCUT2D eigenvalue weighted by atomic mass is 19.1. The molecule has 0 amide bonds. The van der Waals surface area contributed by atoms with Gasteiger partial charge in [-0.1, -0.05) is 24.3 Å². The highest BCUT2D eigenvalue weighted by Crippen LogP contribution is 2.23. The van der Waals surface area contributed by atoms with E-state index < -0.39 is 0 Å². The van der Waals surface area contributed by atoms with Gasteiger partial charge in [-0.3, -0.25) is 0 Å². The molecule has 0 unspecified atom stereocenters. The number of hydrogen-bond acceptors (Lipinski definition) is 4. The summed E-state index contributed by atoms with van der Waals surface area (Å²) in [6, 6.07) is 24.3. The number of fused-ring (bicyclic) bond motifs is 2. The van der Waals surface area contributed by atoms with Crippen molar-refractivity contribution in [2.75, 3.05) is 11.9 Å². The van der Waals surface area contributed by atoms with Crippen LogP contribution >= 0.6 is 0 Å². The van der Waals surface area contributed by atoms with Crippen LogP contribution in [0.5, 0.6) is 0 Å². The summed E-state index contributed by atoms with van der Waals surface area (Å²) in [4.78, 5) is 12.7. The van der Waals surface area contributed by atoms with E-state index in [1.807, 2.05) is 12.1 Å². The quantitative estimate of drug-likeness (QED) is 0.338. The summed E-state index contributed by atoms with van der Waals surface area (Å²) in [6.07, 6.45) is 1.60. The highest BCUT2D eigenvalue weighted by molar-refractivity contribution is 5.95. The second-order valence-electron chi connectivity index (χ2n) is 7.64. The summed E-state index contributed by atoms with van der Waals surface area (Å²) in [5.74, 6) is 1.18. The SMILES string of the molecule is N#Cc1ccc(-c2ccc(F)cc2)nc1NCCCc1nc2cc3ccccc3cc2[nH]1. The summed E-state index contributed by atoms with van der Waals surface area (Å²) in [5.41, 5.74) is 3.97. The van der Waals surface area contributed by atoms with Crippen molar-refractivity contribution in [3.63, 3.8) is 0 Å². The van der Waals surface area contributed by atoms with Crippen LogP contribution in [0.1, 0.15) is 17.8 Å². The van der Waals surface area contributed by atoms with Gasteiger partial charge in [0.1, 0.15) is 23.5 Å². The van der Waals surface area contributed by atoms with Crippen LogP contribution in [0.2, 0.25) is 0 Å². The molecule has 0 saturated heterocycles. The first-order valence-corrected chi connectivity index (χ1v) is 10.5. The average molecular weight is 421 g/mol. The van der Waals surface area contributed by atoms with Gasteiger partial charge >= 0.3 is 0 Å². The fourth-order valence-electron chi connectivity index (χ4n) is 3.80. The standard InChI is InChI=1S/C26H20FN5/c27-21-10-7-17(8-11-21)22-12-9-20(16-28)26(32-22)29-13-3-6-25-30-23-14-18-4-1-2-5-19(18)15-24(23)31-25/h1-2,4-5,7-12,14-15H,3,6,13H2,(H,29,32)(H,30,31). The van der Waals surface area contributed by atoms with Crippen molar-refractivity contribution in [3.05, 3.63) is 90.0 Å². The number of rotatable bonds is 6. The van der Waals surface area contributed by atoms with E-state index in [0.717, 1.165) is 35.3 Å². The van der Waals surface area contributed by atoms with Gasteiger partial charge in [-0.15, -0.1) is 0 Å². The molecule has 2 heterocycles. The number of halogens is 1. The molecular formula is C26H20FN5. The number of nitrogens with zero attached hydrogens (tertiary/aromatic N) is 3. The Morgan fingerprint density at radius 3 is 2.50 bits per heavy atom. The smallest absolute Gasteiger partial charge is 0.144 e. The second kappa shape index (κ2) is 8.48. The third kappa shape index (κ3) is 4.01. The maximum absolute atomic E-state index is 13.2. The molecule has 0 aliphatic rings. The lowest BCUT2D eigenvalue weighted by Gasteiger charge is -2.09. The van der Waals surface area contributed by atoms with E-state index in [9.17, 15) is 9.65 Å². The van der Waals surface area contributed by atoms with Crippen LogP contribution in [0.3, 0.4) is 0 Å². The first-order valence-electron chi connectivity index (χ1n) is 10.5. The number of imidazole rings is 1. The molecule has 5 rings (SSSR count). The number of aryl methyl sites for hydroxylation is 1. The number of H-pyrrole nitrogens is 1. The van der Waals surface area contributed by atoms with Gasteiger partial charge in [0.2, 0.25) is 0 Å². The van der Waals surface area contributed by atoms with Gasteiger partial charge < -0.3 is 10.3 Å². The summed E-state index contributed by atoms with van der Waals surface area (Å²) >= 11 is 0. The number of hydrogen-bond donors (Lipinski definition) is 2. The van der Waals surface area contributed by atoms with E-state index in [1.165, 1.54) is 22.9 Å². The Balaban J connectivity index is 1.27. The Labute approximate surface area is 184 Å². The third-order valence-corrected chi connectivity index (χ3v) is 5.44. The lowest BCUT2D eigenvalue weighted by atomic mass is 10.1. The van der Waals surface area contributed by atoms with Crippen LogP contribution in [-0.4, -0.2) is 21.5 Å². The minimum absolute atomic E-state index is 0.292. The van der Waals surface area contributed by atoms with E-state index >= 15 is 0 Å². The molecule has 32 heavy (non-hydrogen) atoms. The van der Waals surface area contributed by atoms with Crippen LogP contribution in [-0.2, 0) is 6.42 Å². The molecule has 0 saturated carbocycles. The number of nitriles is 1. The Bertz CT molecular complexity index is 1390. The van der Waals surface area contributed by atoms with Gasteiger partial charge in [0.25, 0.3) is 0 Å². The minimum Gasteiger partial charge on any atom is -0.369 e. The zero-order chi connectivity index (χ0) is 21.9. The molecule has 6 heteroatoms. The molecule has 156 valence electrons. The number of nitrogens with one attached hydrogen (secondary N) is 2. The van der Waals surface area contributed by atoms with Crippen LogP contribution in [0, 0.1) is 17.1 Å². The lowest BCUT2D eigenvalue weighted by Crippen LogP contribution is -2.07. The van der Waals surface area contributed by atoms with Gasteiger partial charge in [0.15, 0.2) is 0 Å². The van der Waals surface area contributed by atoms with Gasteiger partial charge in [-0.2, -0.15) is 5.26 Å². The molecule has 2 N–H and O–H groups in total. The fraction of sp³-hybridized carbons (Fsp3) is 0.115. The summed E-state index contributed by atoms with van der Waals surface area (Å²) in [6.45, 7) is 0.646. The van der Waals surface area contributed by atoms with Crippen LogP contribution in [0.4, 0.5) is 10.2 Å². The number of pyridine rings is 1. The Morgan fingerprint density at radius 1 is 0.938 bits per heavy atom. The second-order valence-corrected chi connectivity index (χ2v) is 7.64. The lowest BCUT2D eigenvalue weighted by molar-refractivity contribution is 0.628. The molecule has 5 nitrogen and oxygen atoms in total. The zero-order valence-electron chi connectivity index (χ0n) is 17.3. The van der Waals surface area contributed by atoms with Crippen molar-refractivity contribution in [1.82, 2.24) is 15.0 Å². The molecular weight excluding hydrogens is 401 g/mol. The fourth-order valence-corrected chi connectivity index (χ4v) is 3.80. The molecule has 0 radical (unpaired) electrons. The van der Waals surface area contributed by atoms with E-state index in [-0.39, 0.29) is 5.82 Å². The molecule has 0 aliphatic heterocycles. The van der Waals surface area contributed by atoms with Crippen molar-refractivity contribution in [1.29, 1.82) is 5.26 Å². The van der Waals surface area contributed by atoms with Crippen molar-refractivity contribution < 1.29 is 4.39 Å². The van der Waals surface area contributed by atoms with Gasteiger partial charge in [-0.05, 0) is 65.7 Å². The average Bonchev–Trinajstić information content (AvgIpc) is 3.22. The normalized spacial score (nSPS) is 11.0. The molecule has 0 bridgehead atoms. The zero-order valence-corrected chi connectivity index (χ0v) is 17.3. The predicted molar refractivity (Wildman–Crippen MR) is 125 cm³/mol. The Hall–Kier alpha value is -4.24. The topological polar surface area (TPSA) is 77.4 Å². The van der Waals surface area contributed by atoms with Gasteiger partial charge in [0.05, 0.1) is 22.3 Å². The minimum atomic E-state index is -0.292. The summed E-state index contributed by atoms with van der Waals surface area (Å²) in [5, 5.41) is 15.0. The monoisotopic (exact) mass is 421 g/mol. The maximum atomic E-state index is 13.2. The van der Waals surface area contributed by atoms with Crippen molar-refractivity contribution in [3.8, 4) is 17.3 Å². The maximum Gasteiger partial charge on any atom is 0.144 e. The largest absolute Gasteiger partial charge is 0.369 e. The van der Waals surface area contributed by atoms with E-state index in [4.69, 9.17) is 4.98 Å². The Kier molecular flexibility index (Phi) is 5.22. The van der Waals surface area contributed by atoms with Crippen LogP contribution in [0.15, 0.2) is 72.8 Å². The third-order valence-electron chi connectivity index (χ3n) is 5.44. The molecule has 2 aromatic heterocycles. The first-order chi connectivity index (χ1) is 15.7.